The molecule has 2 amide bonds. The Morgan fingerprint density at radius 1 is 1.11 bits per heavy atom. The summed E-state index contributed by atoms with van der Waals surface area (Å²) in [5.41, 5.74) is 2.08. The number of benzene rings is 2. The number of likely N-dealkylation sites (N-methyl/N-ethyl adjacent to an activating group) is 1. The minimum atomic E-state index is -0.398. The first-order valence-corrected chi connectivity index (χ1v) is 11.7. The van der Waals surface area contributed by atoms with Crippen molar-refractivity contribution in [3.05, 3.63) is 66.4 Å². The van der Waals surface area contributed by atoms with E-state index in [0.717, 1.165) is 18.8 Å². The minimum Gasteiger partial charge on any atom is -0.441 e. The van der Waals surface area contributed by atoms with Crippen LogP contribution in [-0.2, 0) is 20.7 Å². The van der Waals surface area contributed by atoms with Crippen molar-refractivity contribution < 1.29 is 23.1 Å². The predicted molar refractivity (Wildman–Crippen MR) is 131 cm³/mol. The van der Waals surface area contributed by atoms with Crippen LogP contribution >= 0.6 is 0 Å². The van der Waals surface area contributed by atoms with E-state index >= 15 is 0 Å². The summed E-state index contributed by atoms with van der Waals surface area (Å²) in [5.74, 6) is -0.187. The molecule has 1 saturated heterocycles. The largest absolute Gasteiger partial charge is 0.441 e. The molecule has 0 spiro atoms. The van der Waals surface area contributed by atoms with Crippen molar-refractivity contribution >= 4 is 23.2 Å². The van der Waals surface area contributed by atoms with Crippen LogP contribution < -0.4 is 10.2 Å². The van der Waals surface area contributed by atoms with Crippen LogP contribution in [0.1, 0.15) is 19.2 Å². The quantitative estimate of drug-likeness (QED) is 0.502. The third-order valence-electron chi connectivity index (χ3n) is 5.84. The van der Waals surface area contributed by atoms with Crippen LogP contribution in [-0.4, -0.2) is 61.1 Å². The third kappa shape index (κ3) is 6.45. The van der Waals surface area contributed by atoms with Gasteiger partial charge in [-0.2, -0.15) is 0 Å². The number of anilines is 2. The van der Waals surface area contributed by atoms with E-state index in [-0.39, 0.29) is 31.2 Å². The Morgan fingerprint density at radius 3 is 2.57 bits per heavy atom. The van der Waals surface area contributed by atoms with Crippen LogP contribution in [0.15, 0.2) is 59.1 Å². The van der Waals surface area contributed by atoms with Crippen LogP contribution in [0.5, 0.6) is 0 Å². The van der Waals surface area contributed by atoms with E-state index in [9.17, 15) is 14.0 Å². The Labute approximate surface area is 203 Å². The fourth-order valence-corrected chi connectivity index (χ4v) is 3.91. The third-order valence-corrected chi connectivity index (χ3v) is 5.84. The molecule has 2 aromatic carbocycles. The monoisotopic (exact) mass is 480 g/mol. The number of ether oxygens (including phenoxy) is 1. The van der Waals surface area contributed by atoms with E-state index in [1.54, 1.807) is 18.2 Å². The van der Waals surface area contributed by atoms with Gasteiger partial charge in [0.05, 0.1) is 31.5 Å². The van der Waals surface area contributed by atoms with Gasteiger partial charge < -0.3 is 24.3 Å². The lowest BCUT2D eigenvalue weighted by molar-refractivity contribution is -0.134. The van der Waals surface area contributed by atoms with Crippen LogP contribution in [0.2, 0.25) is 0 Å². The van der Waals surface area contributed by atoms with E-state index in [1.165, 1.54) is 17.2 Å². The highest BCUT2D eigenvalue weighted by Crippen LogP contribution is 2.24. The summed E-state index contributed by atoms with van der Waals surface area (Å²) in [6.45, 7) is 5.28. The molecule has 0 unspecified atom stereocenters. The summed E-state index contributed by atoms with van der Waals surface area (Å²) in [6.07, 6.45) is 1.84. The molecular weight excluding hydrogens is 451 g/mol. The second-order valence-corrected chi connectivity index (χ2v) is 8.20. The maximum atomic E-state index is 13.9. The molecule has 0 aliphatic carbocycles. The Morgan fingerprint density at radius 2 is 1.86 bits per heavy atom. The van der Waals surface area contributed by atoms with Gasteiger partial charge in [-0.15, -0.1) is 0 Å². The highest BCUT2D eigenvalue weighted by Gasteiger charge is 2.18. The van der Waals surface area contributed by atoms with Gasteiger partial charge in [0.2, 0.25) is 11.8 Å². The maximum Gasteiger partial charge on any atom is 0.243 e. The van der Waals surface area contributed by atoms with Gasteiger partial charge in [0.25, 0.3) is 0 Å². The van der Waals surface area contributed by atoms with Gasteiger partial charge >= 0.3 is 0 Å². The molecule has 0 saturated carbocycles. The van der Waals surface area contributed by atoms with Crippen LogP contribution in [0, 0.1) is 5.82 Å². The predicted octanol–water partition coefficient (Wildman–Crippen LogP) is 3.74. The number of carbonyl (C=O) groups excluding carboxylic acids is 2. The molecule has 1 fully saturated rings. The van der Waals surface area contributed by atoms with Crippen LogP contribution in [0.3, 0.4) is 0 Å². The molecule has 0 atom stereocenters. The Balaban J connectivity index is 1.26. The zero-order valence-electron chi connectivity index (χ0n) is 19.7. The lowest BCUT2D eigenvalue weighted by Crippen LogP contribution is -2.38. The van der Waals surface area contributed by atoms with E-state index in [4.69, 9.17) is 9.15 Å². The lowest BCUT2D eigenvalue weighted by atomic mass is 10.2. The van der Waals surface area contributed by atoms with Crippen LogP contribution in [0.25, 0.3) is 11.3 Å². The molecule has 4 rings (SSSR count). The van der Waals surface area contributed by atoms with Crippen molar-refractivity contribution in [2.75, 3.05) is 49.6 Å². The molecular formula is C26H29FN4O4. The first-order chi connectivity index (χ1) is 17.0. The first kappa shape index (κ1) is 24.4. The zero-order chi connectivity index (χ0) is 24.6. The van der Waals surface area contributed by atoms with Gasteiger partial charge in [-0.25, -0.2) is 9.37 Å². The molecule has 9 heteroatoms. The number of rotatable bonds is 9. The van der Waals surface area contributed by atoms with Gasteiger partial charge in [-0.3, -0.25) is 9.59 Å². The molecule has 1 aromatic heterocycles. The fourth-order valence-electron chi connectivity index (χ4n) is 3.91. The SMILES string of the molecule is CCN(CC(=O)Nc1ccc(N2CCOCC2)cc1)C(=O)CCc1ncc(-c2ccccc2F)o1. The number of nitrogens with zero attached hydrogens (tertiary/aromatic N) is 3. The summed E-state index contributed by atoms with van der Waals surface area (Å²) in [5, 5.41) is 2.85. The molecule has 1 aliphatic heterocycles. The summed E-state index contributed by atoms with van der Waals surface area (Å²) < 4.78 is 24.9. The van der Waals surface area contributed by atoms with E-state index < -0.39 is 5.82 Å². The topological polar surface area (TPSA) is 87.9 Å². The molecule has 3 aromatic rings. The normalized spacial score (nSPS) is 13.5. The van der Waals surface area contributed by atoms with E-state index in [1.807, 2.05) is 31.2 Å². The van der Waals surface area contributed by atoms with Gasteiger partial charge in [0.1, 0.15) is 5.82 Å². The second kappa shape index (κ2) is 11.6. The van der Waals surface area contributed by atoms with Crippen molar-refractivity contribution in [2.45, 2.75) is 19.8 Å². The van der Waals surface area contributed by atoms with Gasteiger partial charge in [-0.05, 0) is 43.3 Å². The van der Waals surface area contributed by atoms with Crippen molar-refractivity contribution in [2.24, 2.45) is 0 Å². The molecule has 0 bridgehead atoms. The molecule has 1 N–H and O–H groups in total. The standard InChI is InChI=1S/C26H29FN4O4/c1-2-30(18-24(32)29-19-7-9-20(10-8-19)31-13-15-34-16-14-31)26(33)12-11-25-28-17-23(35-25)21-5-3-4-6-22(21)27/h3-10,17H,2,11-16,18H2,1H3,(H,29,32). The molecule has 2 heterocycles. The van der Waals surface area contributed by atoms with Gasteiger partial charge in [-0.1, -0.05) is 12.1 Å². The smallest absolute Gasteiger partial charge is 0.243 e. The van der Waals surface area contributed by atoms with Gasteiger partial charge in [0.15, 0.2) is 11.7 Å². The average molecular weight is 481 g/mol. The number of amides is 2. The lowest BCUT2D eigenvalue weighted by Gasteiger charge is -2.29. The highest BCUT2D eigenvalue weighted by atomic mass is 19.1. The highest BCUT2D eigenvalue weighted by molar-refractivity contribution is 5.94. The summed E-state index contributed by atoms with van der Waals surface area (Å²) in [6, 6.07) is 13.9. The summed E-state index contributed by atoms with van der Waals surface area (Å²) in [4.78, 5) is 33.1. The Bertz CT molecular complexity index is 1140. The molecule has 1 aliphatic rings. The first-order valence-electron chi connectivity index (χ1n) is 11.7. The number of halogens is 1. The van der Waals surface area contributed by atoms with E-state index in [0.29, 0.717) is 42.7 Å². The van der Waals surface area contributed by atoms with Gasteiger partial charge in [0, 0.05) is 43.9 Å². The summed E-state index contributed by atoms with van der Waals surface area (Å²) >= 11 is 0. The van der Waals surface area contributed by atoms with E-state index in [2.05, 4.69) is 15.2 Å². The van der Waals surface area contributed by atoms with Crippen molar-refractivity contribution in [1.29, 1.82) is 0 Å². The van der Waals surface area contributed by atoms with Crippen LogP contribution in [0.4, 0.5) is 15.8 Å². The fraction of sp³-hybridized carbons (Fsp3) is 0.346. The molecule has 184 valence electrons. The number of hydrogen-bond donors (Lipinski definition) is 1. The van der Waals surface area contributed by atoms with Crippen molar-refractivity contribution in [1.82, 2.24) is 9.88 Å². The van der Waals surface area contributed by atoms with Crippen molar-refractivity contribution in [3.8, 4) is 11.3 Å². The number of aryl methyl sites for hydroxylation is 1. The number of nitrogens with one attached hydrogen (secondary N) is 1. The molecule has 35 heavy (non-hydrogen) atoms. The zero-order valence-corrected chi connectivity index (χ0v) is 19.7. The maximum absolute atomic E-state index is 13.9. The Kier molecular flexibility index (Phi) is 8.10. The number of aromatic nitrogens is 1. The Hall–Kier alpha value is -3.72. The number of hydrogen-bond acceptors (Lipinski definition) is 6. The summed E-state index contributed by atoms with van der Waals surface area (Å²) in [7, 11) is 0. The average Bonchev–Trinajstić information content (AvgIpc) is 3.36. The van der Waals surface area contributed by atoms with Crippen molar-refractivity contribution in [3.63, 3.8) is 0 Å². The minimum absolute atomic E-state index is 0.0490. The number of oxazole rings is 1. The number of morpholine rings is 1. The second-order valence-electron chi connectivity index (χ2n) is 8.20. The number of carbonyl (C=O) groups is 2. The molecule has 0 radical (unpaired) electrons. The molecule has 8 nitrogen and oxygen atoms in total.